The molecule has 2 rings (SSSR count). The van der Waals surface area contributed by atoms with Crippen LogP contribution in [0.2, 0.25) is 0 Å². The smallest absolute Gasteiger partial charge is 0.402 e. The molecule has 0 radical (unpaired) electrons. The van der Waals surface area contributed by atoms with Gasteiger partial charge in [0.25, 0.3) is 0 Å². The molecule has 1 N–H and O–H groups in total. The van der Waals surface area contributed by atoms with Gasteiger partial charge in [0.05, 0.1) is 11.7 Å². The number of hydrogen-bond donors (Lipinski definition) is 1. The van der Waals surface area contributed by atoms with Gasteiger partial charge in [-0.1, -0.05) is 26.0 Å². The first kappa shape index (κ1) is 21.0. The molecule has 0 bridgehead atoms. The minimum absolute atomic E-state index is 0.104. The van der Waals surface area contributed by atoms with Gasteiger partial charge in [0.2, 0.25) is 0 Å². The minimum Gasteiger partial charge on any atom is -0.402 e. The largest absolute Gasteiger partial charge is 0.494 e. The number of benzene rings is 1. The van der Waals surface area contributed by atoms with Crippen LogP contribution in [0.15, 0.2) is 24.3 Å². The first-order chi connectivity index (χ1) is 11.4. The lowest BCUT2D eigenvalue weighted by atomic mass is 9.79. The van der Waals surface area contributed by atoms with E-state index in [1.54, 1.807) is 0 Å². The average molecular weight is 334 g/mol. The third-order valence-corrected chi connectivity index (χ3v) is 4.26. The molecule has 0 amide bonds. The Morgan fingerprint density at radius 3 is 2.25 bits per heavy atom. The summed E-state index contributed by atoms with van der Waals surface area (Å²) in [5.41, 5.74) is 2.00. The van der Waals surface area contributed by atoms with E-state index in [4.69, 9.17) is 9.31 Å². The predicted octanol–water partition coefficient (Wildman–Crippen LogP) is 3.38. The quantitative estimate of drug-likeness (QED) is 0.612. The van der Waals surface area contributed by atoms with E-state index in [1.165, 1.54) is 12.8 Å². The summed E-state index contributed by atoms with van der Waals surface area (Å²) >= 11 is 0. The van der Waals surface area contributed by atoms with Crippen LogP contribution in [0.4, 0.5) is 5.69 Å². The van der Waals surface area contributed by atoms with Crippen LogP contribution < -0.4 is 10.8 Å². The Morgan fingerprint density at radius 2 is 1.75 bits per heavy atom. The Bertz CT molecular complexity index is 463. The molecular weight excluding hydrogens is 299 g/mol. The van der Waals surface area contributed by atoms with Crippen molar-refractivity contribution < 1.29 is 9.31 Å². The molecule has 1 aromatic rings. The number of nitrogens with one attached hydrogen (secondary N) is 1. The molecule has 1 atom stereocenters. The summed E-state index contributed by atoms with van der Waals surface area (Å²) in [6.45, 7) is 12.4. The van der Waals surface area contributed by atoms with Crippen molar-refractivity contribution in [3.8, 4) is 0 Å². The van der Waals surface area contributed by atoms with Crippen LogP contribution in [0, 0.1) is 0 Å². The second-order valence-electron chi connectivity index (χ2n) is 6.89. The summed E-state index contributed by atoms with van der Waals surface area (Å²) in [6.07, 6.45) is 2.50. The molecule has 4 nitrogen and oxygen atoms in total. The van der Waals surface area contributed by atoms with Gasteiger partial charge in [0.1, 0.15) is 0 Å². The maximum Gasteiger partial charge on any atom is 0.494 e. The Labute approximate surface area is 149 Å². The van der Waals surface area contributed by atoms with Gasteiger partial charge in [-0.25, -0.2) is 0 Å². The fourth-order valence-electron chi connectivity index (χ4n) is 2.44. The summed E-state index contributed by atoms with van der Waals surface area (Å²) in [5, 5.41) is 3.46. The third-order valence-electron chi connectivity index (χ3n) is 4.26. The zero-order valence-corrected chi connectivity index (χ0v) is 16.6. The fourth-order valence-corrected chi connectivity index (χ4v) is 2.44. The van der Waals surface area contributed by atoms with Gasteiger partial charge in [0, 0.05) is 12.2 Å². The Hall–Kier alpha value is -1.04. The van der Waals surface area contributed by atoms with E-state index >= 15 is 0 Å². The molecule has 24 heavy (non-hydrogen) atoms. The van der Waals surface area contributed by atoms with E-state index in [2.05, 4.69) is 69.3 Å². The second kappa shape index (κ2) is 10.1. The first-order valence-electron chi connectivity index (χ1n) is 9.20. The van der Waals surface area contributed by atoms with Crippen LogP contribution in [0.5, 0.6) is 0 Å². The van der Waals surface area contributed by atoms with Crippen molar-refractivity contribution in [2.24, 2.45) is 0 Å². The fraction of sp³-hybridized carbons (Fsp3) is 0.684. The Kier molecular flexibility index (Phi) is 8.81. The monoisotopic (exact) mass is 334 g/mol. The molecule has 1 aromatic carbocycles. The van der Waals surface area contributed by atoms with Crippen LogP contribution in [0.25, 0.3) is 0 Å². The SMILES string of the molecule is CC.CC1OB(c2ccc(NCCCCN(C)C)cc2)OC1(C)C. The van der Waals surface area contributed by atoms with Crippen molar-refractivity contribution in [2.75, 3.05) is 32.5 Å². The Morgan fingerprint density at radius 1 is 1.12 bits per heavy atom. The highest BCUT2D eigenvalue weighted by molar-refractivity contribution is 6.62. The first-order valence-corrected chi connectivity index (χ1v) is 9.20. The van der Waals surface area contributed by atoms with Crippen molar-refractivity contribution in [2.45, 2.75) is 59.2 Å². The molecule has 1 aliphatic rings. The highest BCUT2D eigenvalue weighted by Crippen LogP contribution is 2.26. The third kappa shape index (κ3) is 6.46. The summed E-state index contributed by atoms with van der Waals surface area (Å²) in [4.78, 5) is 2.22. The number of hydrogen-bond acceptors (Lipinski definition) is 4. The maximum atomic E-state index is 5.98. The van der Waals surface area contributed by atoms with E-state index in [1.807, 2.05) is 13.8 Å². The minimum atomic E-state index is -0.251. The maximum absolute atomic E-state index is 5.98. The summed E-state index contributed by atoms with van der Waals surface area (Å²) in [7, 11) is 3.97. The summed E-state index contributed by atoms with van der Waals surface area (Å²) in [5.74, 6) is 0. The van der Waals surface area contributed by atoms with Crippen molar-refractivity contribution in [3.05, 3.63) is 24.3 Å². The van der Waals surface area contributed by atoms with Crippen LogP contribution in [-0.2, 0) is 9.31 Å². The predicted molar refractivity (Wildman–Crippen MR) is 105 cm³/mol. The molecule has 1 saturated heterocycles. The number of anilines is 1. The lowest BCUT2D eigenvalue weighted by Gasteiger charge is -2.21. The topological polar surface area (TPSA) is 33.7 Å². The average Bonchev–Trinajstić information content (AvgIpc) is 2.83. The van der Waals surface area contributed by atoms with E-state index in [-0.39, 0.29) is 18.8 Å². The van der Waals surface area contributed by atoms with Crippen LogP contribution >= 0.6 is 0 Å². The molecule has 0 saturated carbocycles. The van der Waals surface area contributed by atoms with Crippen molar-refractivity contribution in [3.63, 3.8) is 0 Å². The summed E-state index contributed by atoms with van der Waals surface area (Å²) < 4.78 is 11.9. The van der Waals surface area contributed by atoms with Gasteiger partial charge >= 0.3 is 7.12 Å². The molecule has 1 aliphatic heterocycles. The van der Waals surface area contributed by atoms with Crippen LogP contribution in [0.1, 0.15) is 47.5 Å². The van der Waals surface area contributed by atoms with Crippen LogP contribution in [-0.4, -0.2) is 50.9 Å². The van der Waals surface area contributed by atoms with E-state index < -0.39 is 0 Å². The zero-order chi connectivity index (χ0) is 18.2. The van der Waals surface area contributed by atoms with Crippen molar-refractivity contribution in [1.29, 1.82) is 0 Å². The van der Waals surface area contributed by atoms with Gasteiger partial charge in [0.15, 0.2) is 0 Å². The zero-order valence-electron chi connectivity index (χ0n) is 16.6. The van der Waals surface area contributed by atoms with Gasteiger partial charge < -0.3 is 19.5 Å². The van der Waals surface area contributed by atoms with Gasteiger partial charge in [-0.15, -0.1) is 0 Å². The van der Waals surface area contributed by atoms with Gasteiger partial charge in [-0.05, 0) is 71.8 Å². The molecule has 1 fully saturated rings. The molecule has 1 heterocycles. The molecule has 0 aromatic heterocycles. The van der Waals surface area contributed by atoms with Gasteiger partial charge in [-0.3, -0.25) is 0 Å². The highest BCUT2D eigenvalue weighted by atomic mass is 16.7. The molecule has 1 unspecified atom stereocenters. The molecular formula is C19H35BN2O2. The molecule has 0 aliphatic carbocycles. The Balaban J connectivity index is 0.00000139. The van der Waals surface area contributed by atoms with E-state index in [0.29, 0.717) is 0 Å². The lowest BCUT2D eigenvalue weighted by Crippen LogP contribution is -2.34. The number of rotatable bonds is 7. The van der Waals surface area contributed by atoms with E-state index in [9.17, 15) is 0 Å². The van der Waals surface area contributed by atoms with Crippen molar-refractivity contribution >= 4 is 18.3 Å². The molecule has 136 valence electrons. The standard InChI is InChI=1S/C17H29BN2O2.C2H6/c1-14-17(2,3)22-18(21-14)15-8-10-16(11-9-15)19-12-6-7-13-20(4)5;1-2/h8-11,14,19H,6-7,12-13H2,1-5H3;1-2H3. The van der Waals surface area contributed by atoms with Crippen LogP contribution in [0.3, 0.4) is 0 Å². The molecule has 0 spiro atoms. The van der Waals surface area contributed by atoms with E-state index in [0.717, 1.165) is 24.2 Å². The second-order valence-corrected chi connectivity index (χ2v) is 6.89. The number of nitrogens with zero attached hydrogens (tertiary/aromatic N) is 1. The normalized spacial score (nSPS) is 19.2. The van der Waals surface area contributed by atoms with Crippen molar-refractivity contribution in [1.82, 2.24) is 4.90 Å². The summed E-state index contributed by atoms with van der Waals surface area (Å²) in [6, 6.07) is 8.37. The highest BCUT2D eigenvalue weighted by Gasteiger charge is 2.43. The lowest BCUT2D eigenvalue weighted by molar-refractivity contribution is 0.0842. The van der Waals surface area contributed by atoms with Gasteiger partial charge in [-0.2, -0.15) is 0 Å². The molecule has 5 heteroatoms. The number of unbranched alkanes of at least 4 members (excludes halogenated alkanes) is 1.